The molecule has 1 amide bonds. The first-order chi connectivity index (χ1) is 4.23. The van der Waals surface area contributed by atoms with Gasteiger partial charge in [0.2, 0.25) is 5.91 Å². The van der Waals surface area contributed by atoms with Gasteiger partial charge in [0.15, 0.2) is 0 Å². The zero-order valence-corrected chi connectivity index (χ0v) is 5.18. The van der Waals surface area contributed by atoms with Crippen LogP contribution < -0.4 is 11.1 Å². The number of rotatable bonds is 0. The van der Waals surface area contributed by atoms with Crippen LogP contribution in [0.2, 0.25) is 0 Å². The average molecular weight is 126 g/mol. The lowest BCUT2D eigenvalue weighted by Crippen LogP contribution is -2.74. The number of hydrogen-bond donors (Lipinski definition) is 2. The molecule has 3 heteroatoms. The maximum absolute atomic E-state index is 10.5. The smallest absolute Gasteiger partial charge is 0.222 e. The number of carbonyl (C=O) groups excluding carboxylic acids is 1. The SMILES string of the molecule is NC1CCC12CC(=O)N2. The predicted molar refractivity (Wildman–Crippen MR) is 32.7 cm³/mol. The van der Waals surface area contributed by atoms with Crippen LogP contribution in [0.25, 0.3) is 0 Å². The van der Waals surface area contributed by atoms with Crippen molar-refractivity contribution in [2.24, 2.45) is 5.73 Å². The van der Waals surface area contributed by atoms with E-state index in [2.05, 4.69) is 5.32 Å². The minimum Gasteiger partial charge on any atom is -0.349 e. The van der Waals surface area contributed by atoms with Gasteiger partial charge in [0.1, 0.15) is 0 Å². The van der Waals surface area contributed by atoms with Crippen molar-refractivity contribution < 1.29 is 4.79 Å². The highest BCUT2D eigenvalue weighted by atomic mass is 16.2. The molecule has 2 aliphatic rings. The molecule has 0 bridgehead atoms. The molecule has 0 aromatic heterocycles. The first kappa shape index (κ1) is 5.23. The fraction of sp³-hybridized carbons (Fsp3) is 0.833. The topological polar surface area (TPSA) is 55.1 Å². The highest BCUT2D eigenvalue weighted by molar-refractivity contribution is 5.85. The molecular formula is C6H10N2O. The Kier molecular flexibility index (Phi) is 0.750. The van der Waals surface area contributed by atoms with Crippen LogP contribution in [0.1, 0.15) is 19.3 Å². The van der Waals surface area contributed by atoms with Gasteiger partial charge in [-0.3, -0.25) is 4.79 Å². The summed E-state index contributed by atoms with van der Waals surface area (Å²) in [6, 6.07) is 0.232. The van der Waals surface area contributed by atoms with Crippen molar-refractivity contribution in [3.05, 3.63) is 0 Å². The number of β-lactam (4-membered cyclic amide) rings is 1. The van der Waals surface area contributed by atoms with E-state index in [4.69, 9.17) is 5.73 Å². The van der Waals surface area contributed by atoms with E-state index >= 15 is 0 Å². The van der Waals surface area contributed by atoms with Crippen molar-refractivity contribution in [2.45, 2.75) is 30.8 Å². The molecule has 50 valence electrons. The molecule has 0 radical (unpaired) electrons. The van der Waals surface area contributed by atoms with Gasteiger partial charge in [-0.05, 0) is 12.8 Å². The molecule has 1 aliphatic heterocycles. The molecule has 2 rings (SSSR count). The van der Waals surface area contributed by atoms with Crippen LogP contribution in [0.5, 0.6) is 0 Å². The van der Waals surface area contributed by atoms with Crippen molar-refractivity contribution in [3.8, 4) is 0 Å². The maximum atomic E-state index is 10.5. The molecule has 2 atom stereocenters. The summed E-state index contributed by atoms with van der Waals surface area (Å²) in [5.41, 5.74) is 5.72. The van der Waals surface area contributed by atoms with Gasteiger partial charge in [0.25, 0.3) is 0 Å². The number of carbonyl (C=O) groups is 1. The van der Waals surface area contributed by atoms with Gasteiger partial charge in [0, 0.05) is 6.04 Å². The summed E-state index contributed by atoms with van der Waals surface area (Å²) in [4.78, 5) is 10.5. The average Bonchev–Trinajstić information content (AvgIpc) is 1.77. The van der Waals surface area contributed by atoms with Crippen LogP contribution in [0.15, 0.2) is 0 Å². The van der Waals surface area contributed by atoms with Gasteiger partial charge < -0.3 is 11.1 Å². The first-order valence-corrected chi connectivity index (χ1v) is 3.30. The molecule has 1 heterocycles. The minimum absolute atomic E-state index is 0.0527. The van der Waals surface area contributed by atoms with Crippen molar-refractivity contribution in [1.29, 1.82) is 0 Å². The van der Waals surface area contributed by atoms with E-state index in [1.54, 1.807) is 0 Å². The minimum atomic E-state index is 0.0527. The van der Waals surface area contributed by atoms with E-state index < -0.39 is 0 Å². The van der Waals surface area contributed by atoms with E-state index in [1.165, 1.54) is 0 Å². The fourth-order valence-corrected chi connectivity index (χ4v) is 1.58. The Morgan fingerprint density at radius 3 is 2.56 bits per heavy atom. The van der Waals surface area contributed by atoms with Crippen molar-refractivity contribution >= 4 is 5.91 Å². The molecule has 1 aliphatic carbocycles. The van der Waals surface area contributed by atoms with Crippen molar-refractivity contribution in [3.63, 3.8) is 0 Å². The zero-order valence-electron chi connectivity index (χ0n) is 5.18. The lowest BCUT2D eigenvalue weighted by atomic mass is 9.65. The van der Waals surface area contributed by atoms with Crippen LogP contribution in [0, 0.1) is 0 Å². The Balaban J connectivity index is 2.04. The Morgan fingerprint density at radius 1 is 1.78 bits per heavy atom. The molecule has 0 aromatic rings. The maximum Gasteiger partial charge on any atom is 0.222 e. The predicted octanol–water partition coefficient (Wildman–Crippen LogP) is -0.634. The van der Waals surface area contributed by atoms with Crippen molar-refractivity contribution in [2.75, 3.05) is 0 Å². The normalized spacial score (nSPS) is 47.7. The third-order valence-corrected chi connectivity index (χ3v) is 2.48. The molecule has 1 saturated carbocycles. The third-order valence-electron chi connectivity index (χ3n) is 2.48. The summed E-state index contributed by atoms with van der Waals surface area (Å²) in [6.07, 6.45) is 2.81. The molecule has 3 nitrogen and oxygen atoms in total. The Labute approximate surface area is 53.6 Å². The van der Waals surface area contributed by atoms with Gasteiger partial charge in [0.05, 0.1) is 12.0 Å². The van der Waals surface area contributed by atoms with Crippen LogP contribution >= 0.6 is 0 Å². The van der Waals surface area contributed by atoms with E-state index in [0.717, 1.165) is 12.8 Å². The molecule has 2 unspecified atom stereocenters. The van der Waals surface area contributed by atoms with Crippen LogP contribution in [0.3, 0.4) is 0 Å². The van der Waals surface area contributed by atoms with E-state index in [-0.39, 0.29) is 17.5 Å². The first-order valence-electron chi connectivity index (χ1n) is 3.30. The van der Waals surface area contributed by atoms with E-state index in [1.807, 2.05) is 0 Å². The van der Waals surface area contributed by atoms with Crippen LogP contribution in [-0.4, -0.2) is 17.5 Å². The largest absolute Gasteiger partial charge is 0.349 e. The summed E-state index contributed by atoms with van der Waals surface area (Å²) in [5.74, 6) is 0.158. The highest BCUT2D eigenvalue weighted by Crippen LogP contribution is 2.38. The van der Waals surface area contributed by atoms with Crippen molar-refractivity contribution in [1.82, 2.24) is 5.32 Å². The van der Waals surface area contributed by atoms with Gasteiger partial charge in [-0.2, -0.15) is 0 Å². The van der Waals surface area contributed by atoms with Gasteiger partial charge >= 0.3 is 0 Å². The summed E-state index contributed by atoms with van der Waals surface area (Å²) in [5, 5.41) is 2.84. The van der Waals surface area contributed by atoms with Gasteiger partial charge in [-0.15, -0.1) is 0 Å². The number of nitrogens with one attached hydrogen (secondary N) is 1. The standard InChI is InChI=1S/C6H10N2O/c7-4-1-2-6(4)3-5(9)8-6/h4H,1-3,7H2,(H,8,9). The summed E-state index contributed by atoms with van der Waals surface area (Å²) in [7, 11) is 0. The Bertz CT molecular complexity index is 158. The van der Waals surface area contributed by atoms with Gasteiger partial charge in [-0.1, -0.05) is 0 Å². The summed E-state index contributed by atoms with van der Waals surface area (Å²) < 4.78 is 0. The molecule has 2 fully saturated rings. The Hall–Kier alpha value is -0.570. The molecule has 3 N–H and O–H groups in total. The molecule has 1 saturated heterocycles. The number of amides is 1. The second-order valence-electron chi connectivity index (χ2n) is 3.03. The summed E-state index contributed by atoms with van der Waals surface area (Å²) in [6.45, 7) is 0. The molecule has 9 heavy (non-hydrogen) atoms. The molecule has 1 spiro atoms. The van der Waals surface area contributed by atoms with E-state index in [9.17, 15) is 4.79 Å². The lowest BCUT2D eigenvalue weighted by molar-refractivity contribution is -0.137. The monoisotopic (exact) mass is 126 g/mol. The highest BCUT2D eigenvalue weighted by Gasteiger charge is 2.53. The third kappa shape index (κ3) is 0.477. The quantitative estimate of drug-likeness (QED) is 0.424. The number of hydrogen-bond acceptors (Lipinski definition) is 2. The second kappa shape index (κ2) is 1.29. The second-order valence-corrected chi connectivity index (χ2v) is 3.03. The molecular weight excluding hydrogens is 116 g/mol. The van der Waals surface area contributed by atoms with E-state index in [0.29, 0.717) is 6.42 Å². The van der Waals surface area contributed by atoms with Crippen LogP contribution in [0.4, 0.5) is 0 Å². The lowest BCUT2D eigenvalue weighted by Gasteiger charge is -2.54. The summed E-state index contributed by atoms with van der Waals surface area (Å²) >= 11 is 0. The van der Waals surface area contributed by atoms with Gasteiger partial charge in [-0.25, -0.2) is 0 Å². The zero-order chi connectivity index (χ0) is 6.48. The molecule has 0 aromatic carbocycles. The van der Waals surface area contributed by atoms with Crippen LogP contribution in [-0.2, 0) is 4.79 Å². The fourth-order valence-electron chi connectivity index (χ4n) is 1.58. The Morgan fingerprint density at radius 2 is 2.44 bits per heavy atom. The number of nitrogens with two attached hydrogens (primary N) is 1.